The minimum atomic E-state index is -3.25. The summed E-state index contributed by atoms with van der Waals surface area (Å²) < 4.78 is 23.9. The summed E-state index contributed by atoms with van der Waals surface area (Å²) in [5.74, 6) is 1.05. The molecule has 0 aliphatic carbocycles. The molecular weight excluding hydrogens is 268 g/mol. The number of rotatable bonds is 7. The van der Waals surface area contributed by atoms with Gasteiger partial charge in [-0.1, -0.05) is 0 Å². The highest BCUT2D eigenvalue weighted by atomic mass is 32.2. The lowest BCUT2D eigenvalue weighted by atomic mass is 10.2. The molecule has 0 aromatic heterocycles. The topological polar surface area (TPSA) is 70.0 Å². The summed E-state index contributed by atoms with van der Waals surface area (Å²) in [6.45, 7) is 1.26. The van der Waals surface area contributed by atoms with Gasteiger partial charge >= 0.3 is 0 Å². The number of nitrogens with one attached hydrogen (secondary N) is 1. The first-order valence-electron chi connectivity index (χ1n) is 5.53. The summed E-state index contributed by atoms with van der Waals surface area (Å²) in [5, 5.41) is 11.7. The smallest absolute Gasteiger partial charge is 0.179 e. The Kier molecular flexibility index (Phi) is 6.19. The minimum absolute atomic E-state index is 0.0767. The van der Waals surface area contributed by atoms with Gasteiger partial charge in [-0.25, -0.2) is 8.42 Å². The van der Waals surface area contributed by atoms with E-state index < -0.39 is 9.84 Å². The largest absolute Gasteiger partial charge is 0.315 e. The maximum Gasteiger partial charge on any atom is 0.179 e. The Morgan fingerprint density at radius 3 is 2.50 bits per heavy atom. The summed E-state index contributed by atoms with van der Waals surface area (Å²) in [6, 6.07) is 7.97. The number of nitriles is 1. The van der Waals surface area contributed by atoms with E-state index in [1.807, 2.05) is 12.3 Å². The summed E-state index contributed by atoms with van der Waals surface area (Å²) in [5.41, 5.74) is 0.465. The molecule has 1 aromatic carbocycles. The molecule has 0 saturated carbocycles. The lowest BCUT2D eigenvalue weighted by Crippen LogP contribution is -2.25. The van der Waals surface area contributed by atoms with Gasteiger partial charge in [-0.15, -0.1) is 0 Å². The van der Waals surface area contributed by atoms with E-state index in [0.717, 1.165) is 12.3 Å². The molecule has 1 aromatic rings. The van der Waals surface area contributed by atoms with Crippen LogP contribution in [0.25, 0.3) is 0 Å². The van der Waals surface area contributed by atoms with Crippen molar-refractivity contribution in [3.63, 3.8) is 0 Å². The van der Waals surface area contributed by atoms with Crippen LogP contribution >= 0.6 is 11.8 Å². The zero-order valence-electron chi connectivity index (χ0n) is 10.2. The fourth-order valence-electron chi connectivity index (χ4n) is 1.36. The molecular formula is C12H16N2O2S2. The first kappa shape index (κ1) is 15.0. The number of nitrogens with zero attached hydrogens (tertiary/aromatic N) is 1. The zero-order chi connectivity index (χ0) is 13.4. The van der Waals surface area contributed by atoms with Gasteiger partial charge in [0.2, 0.25) is 0 Å². The van der Waals surface area contributed by atoms with Crippen LogP contribution < -0.4 is 5.32 Å². The summed E-state index contributed by atoms with van der Waals surface area (Å²) in [7, 11) is -3.25. The van der Waals surface area contributed by atoms with Crippen LogP contribution in [0.15, 0.2) is 29.2 Å². The van der Waals surface area contributed by atoms with Crippen molar-refractivity contribution in [1.29, 1.82) is 5.26 Å². The van der Waals surface area contributed by atoms with Crippen LogP contribution in [0, 0.1) is 11.3 Å². The third-order valence-electron chi connectivity index (χ3n) is 2.37. The van der Waals surface area contributed by atoms with Gasteiger partial charge in [0.05, 0.1) is 22.3 Å². The highest BCUT2D eigenvalue weighted by molar-refractivity contribution is 7.98. The molecule has 0 atom stereocenters. The molecule has 0 bridgehead atoms. The Hall–Kier alpha value is -1.03. The fraction of sp³-hybridized carbons (Fsp3) is 0.417. The molecule has 0 aliphatic rings. The summed E-state index contributed by atoms with van der Waals surface area (Å²) in [4.78, 5) is 0.271. The Morgan fingerprint density at radius 1 is 1.28 bits per heavy atom. The van der Waals surface area contributed by atoms with Crippen LogP contribution in [0.3, 0.4) is 0 Å². The van der Waals surface area contributed by atoms with E-state index in [9.17, 15) is 8.42 Å². The number of hydrogen-bond acceptors (Lipinski definition) is 5. The highest BCUT2D eigenvalue weighted by Crippen LogP contribution is 2.11. The van der Waals surface area contributed by atoms with Gasteiger partial charge in [0, 0.05) is 18.8 Å². The molecule has 0 fully saturated rings. The lowest BCUT2D eigenvalue weighted by Gasteiger charge is -2.05. The lowest BCUT2D eigenvalue weighted by molar-refractivity contribution is 0.592. The van der Waals surface area contributed by atoms with E-state index in [4.69, 9.17) is 5.26 Å². The molecule has 1 rings (SSSR count). The third kappa shape index (κ3) is 4.69. The van der Waals surface area contributed by atoms with Gasteiger partial charge in [0.1, 0.15) is 0 Å². The Balaban J connectivity index is 2.55. The second kappa shape index (κ2) is 7.41. The van der Waals surface area contributed by atoms with Gasteiger partial charge in [-0.05, 0) is 30.5 Å². The van der Waals surface area contributed by atoms with Crippen LogP contribution in [0.4, 0.5) is 0 Å². The Morgan fingerprint density at radius 2 is 1.94 bits per heavy atom. The third-order valence-corrected chi connectivity index (χ3v) is 4.72. The van der Waals surface area contributed by atoms with E-state index in [2.05, 4.69) is 5.32 Å². The van der Waals surface area contributed by atoms with E-state index >= 15 is 0 Å². The van der Waals surface area contributed by atoms with Crippen molar-refractivity contribution in [2.24, 2.45) is 0 Å². The molecule has 0 aliphatic heterocycles. The van der Waals surface area contributed by atoms with Gasteiger partial charge in [0.25, 0.3) is 0 Å². The molecule has 0 saturated heterocycles. The quantitative estimate of drug-likeness (QED) is 0.764. The maximum absolute atomic E-state index is 11.9. The number of hydrogen-bond donors (Lipinski definition) is 1. The monoisotopic (exact) mass is 284 g/mol. The molecule has 1 N–H and O–H groups in total. The van der Waals surface area contributed by atoms with Crippen LogP contribution in [0.1, 0.15) is 5.56 Å². The van der Waals surface area contributed by atoms with Gasteiger partial charge < -0.3 is 5.32 Å². The first-order valence-corrected chi connectivity index (χ1v) is 8.57. The molecule has 0 unspecified atom stereocenters. The molecule has 0 spiro atoms. The molecule has 0 radical (unpaired) electrons. The highest BCUT2D eigenvalue weighted by Gasteiger charge is 2.13. The van der Waals surface area contributed by atoms with Crippen LogP contribution in [0.5, 0.6) is 0 Å². The number of thioether (sulfide) groups is 1. The molecule has 6 heteroatoms. The Bertz CT molecular complexity index is 504. The number of sulfone groups is 1. The number of benzene rings is 1. The van der Waals surface area contributed by atoms with Crippen molar-refractivity contribution in [3.8, 4) is 6.07 Å². The van der Waals surface area contributed by atoms with Crippen LogP contribution in [-0.4, -0.2) is 39.3 Å². The van der Waals surface area contributed by atoms with Crippen molar-refractivity contribution in [1.82, 2.24) is 5.32 Å². The van der Waals surface area contributed by atoms with E-state index in [0.29, 0.717) is 12.1 Å². The predicted molar refractivity (Wildman–Crippen MR) is 74.5 cm³/mol. The van der Waals surface area contributed by atoms with E-state index in [1.54, 1.807) is 11.8 Å². The van der Waals surface area contributed by atoms with Crippen molar-refractivity contribution in [3.05, 3.63) is 29.8 Å². The normalized spacial score (nSPS) is 11.1. The summed E-state index contributed by atoms with van der Waals surface area (Å²) >= 11 is 1.72. The molecule has 0 heterocycles. The average molecular weight is 284 g/mol. The first-order chi connectivity index (χ1) is 8.60. The predicted octanol–water partition coefficient (Wildman–Crippen LogP) is 1.28. The molecule has 0 amide bonds. The standard InChI is InChI=1S/C12H16N2O2S2/c1-17-8-6-14-7-9-18(15,16)12-4-2-11(10-13)3-5-12/h2-5,14H,6-9H2,1H3. The molecule has 18 heavy (non-hydrogen) atoms. The second-order valence-corrected chi connectivity index (χ2v) is 6.79. The molecule has 4 nitrogen and oxygen atoms in total. The van der Waals surface area contributed by atoms with Crippen LogP contribution in [0.2, 0.25) is 0 Å². The van der Waals surface area contributed by atoms with Gasteiger partial charge in [0.15, 0.2) is 9.84 Å². The second-order valence-electron chi connectivity index (χ2n) is 3.70. The van der Waals surface area contributed by atoms with Crippen LogP contribution in [-0.2, 0) is 9.84 Å². The van der Waals surface area contributed by atoms with E-state index in [1.165, 1.54) is 24.3 Å². The average Bonchev–Trinajstić information content (AvgIpc) is 2.38. The SMILES string of the molecule is CSCCNCCS(=O)(=O)c1ccc(C#N)cc1. The van der Waals surface area contributed by atoms with Gasteiger partial charge in [-0.2, -0.15) is 17.0 Å². The van der Waals surface area contributed by atoms with E-state index in [-0.39, 0.29) is 10.6 Å². The van der Waals surface area contributed by atoms with Crippen molar-refractivity contribution in [2.45, 2.75) is 4.90 Å². The van der Waals surface area contributed by atoms with Crippen molar-refractivity contribution in [2.75, 3.05) is 30.9 Å². The Labute approximate surface area is 112 Å². The maximum atomic E-state index is 11.9. The fourth-order valence-corrected chi connectivity index (χ4v) is 2.91. The molecule has 98 valence electrons. The zero-order valence-corrected chi connectivity index (χ0v) is 11.9. The van der Waals surface area contributed by atoms with Crippen molar-refractivity contribution < 1.29 is 8.42 Å². The van der Waals surface area contributed by atoms with Gasteiger partial charge in [-0.3, -0.25) is 0 Å². The van der Waals surface area contributed by atoms with Crippen molar-refractivity contribution >= 4 is 21.6 Å². The summed E-state index contributed by atoms with van der Waals surface area (Å²) in [6.07, 6.45) is 2.01. The minimum Gasteiger partial charge on any atom is -0.315 e.